The summed E-state index contributed by atoms with van der Waals surface area (Å²) in [7, 11) is 0. The van der Waals surface area contributed by atoms with Crippen molar-refractivity contribution in [2.75, 3.05) is 0 Å². The number of carbonyl (C=O) groups is 6. The summed E-state index contributed by atoms with van der Waals surface area (Å²) in [4.78, 5) is 83.8. The van der Waals surface area contributed by atoms with E-state index in [9.17, 15) is 28.8 Å². The Labute approximate surface area is 146 Å². The van der Waals surface area contributed by atoms with Crippen molar-refractivity contribution in [3.63, 3.8) is 0 Å². The molecule has 0 aliphatic rings. The average molecular weight is 366 g/mol. The van der Waals surface area contributed by atoms with E-state index in [0.29, 0.717) is 0 Å². The van der Waals surface area contributed by atoms with E-state index in [-0.39, 0.29) is 11.1 Å². The second-order valence-electron chi connectivity index (χ2n) is 4.84. The van der Waals surface area contributed by atoms with Gasteiger partial charge in [-0.25, -0.2) is 38.7 Å². The van der Waals surface area contributed by atoms with E-state index >= 15 is 0 Å². The Hall–Kier alpha value is -3.56. The van der Waals surface area contributed by atoms with Gasteiger partial charge in [0.25, 0.3) is 0 Å². The first kappa shape index (κ1) is 20.5. The van der Waals surface area contributed by atoms with Crippen molar-refractivity contribution in [3.8, 4) is 0 Å². The molecule has 0 radical (unpaired) electrons. The molecule has 0 heterocycles. The minimum atomic E-state index is -1.09. The molecule has 138 valence electrons. The molecule has 0 fully saturated rings. The van der Waals surface area contributed by atoms with E-state index in [1.165, 1.54) is 24.3 Å². The lowest BCUT2D eigenvalue weighted by atomic mass is 10.0. The predicted octanol–water partition coefficient (Wildman–Crippen LogP) is 0.875. The van der Waals surface area contributed by atoms with Gasteiger partial charge in [-0.05, 0) is 6.07 Å². The lowest BCUT2D eigenvalue weighted by molar-refractivity contribution is -0.256. The van der Waals surface area contributed by atoms with Crippen molar-refractivity contribution in [2.45, 2.75) is 26.7 Å². The maximum atomic E-state index is 12.0. The Morgan fingerprint density at radius 2 is 1.08 bits per heavy atom. The Kier molecular flexibility index (Phi) is 7.62. The first-order chi connectivity index (χ1) is 12.2. The van der Waals surface area contributed by atoms with Crippen molar-refractivity contribution in [1.29, 1.82) is 0 Å². The molecule has 1 aromatic rings. The summed E-state index contributed by atoms with van der Waals surface area (Å²) in [6, 6.07) is 5.23. The smallest absolute Gasteiger partial charge is 0.294 e. The number of ketones is 2. The molecule has 0 aliphatic carbocycles. The highest BCUT2D eigenvalue weighted by atomic mass is 17.2. The lowest BCUT2D eigenvalue weighted by Gasteiger charge is -2.04. The van der Waals surface area contributed by atoms with Crippen LogP contribution in [0, 0.1) is 0 Å². The van der Waals surface area contributed by atoms with E-state index < -0.39 is 48.3 Å². The summed E-state index contributed by atoms with van der Waals surface area (Å²) in [6.45, 7) is 2.02. The molecule has 0 N–H and O–H groups in total. The maximum absolute atomic E-state index is 12.0. The largest absolute Gasteiger partial charge is 0.363 e. The van der Waals surface area contributed by atoms with Crippen LogP contribution >= 0.6 is 0 Å². The summed E-state index contributed by atoms with van der Waals surface area (Å²) in [5, 5.41) is 0. The molecule has 10 heteroatoms. The van der Waals surface area contributed by atoms with Crippen LogP contribution in [0.2, 0.25) is 0 Å². The summed E-state index contributed by atoms with van der Waals surface area (Å²) >= 11 is 0. The summed E-state index contributed by atoms with van der Waals surface area (Å²) in [5.74, 6) is -5.30. The Bertz CT molecular complexity index is 690. The van der Waals surface area contributed by atoms with Gasteiger partial charge in [0.2, 0.25) is 0 Å². The first-order valence-electron chi connectivity index (χ1n) is 7.11. The van der Waals surface area contributed by atoms with Gasteiger partial charge in [-0.15, -0.1) is 0 Å². The predicted molar refractivity (Wildman–Crippen MR) is 80.1 cm³/mol. The zero-order valence-corrected chi connectivity index (χ0v) is 13.8. The zero-order chi connectivity index (χ0) is 19.7. The van der Waals surface area contributed by atoms with Gasteiger partial charge in [0, 0.05) is 25.0 Å². The number of hydrogen-bond donors (Lipinski definition) is 0. The standard InChI is InChI=1S/C16H14O10/c1-9(17)23-25-15(21)7-13(19)11-4-3-5-12(6-11)14(20)8-16(22)26-24-10(2)18/h3-6H,7-8H2,1-2H3. The fourth-order valence-corrected chi connectivity index (χ4v) is 1.60. The van der Waals surface area contributed by atoms with E-state index in [2.05, 4.69) is 19.6 Å². The van der Waals surface area contributed by atoms with Crippen molar-refractivity contribution < 1.29 is 48.3 Å². The van der Waals surface area contributed by atoms with Crippen LogP contribution in [-0.2, 0) is 38.7 Å². The first-order valence-corrected chi connectivity index (χ1v) is 7.11. The molecule has 0 spiro atoms. The van der Waals surface area contributed by atoms with Gasteiger partial charge in [0.1, 0.15) is 12.8 Å². The molecule has 0 aromatic heterocycles. The minimum absolute atomic E-state index is 0.00368. The van der Waals surface area contributed by atoms with Crippen molar-refractivity contribution in [2.24, 2.45) is 0 Å². The van der Waals surface area contributed by atoms with Crippen LogP contribution in [0.5, 0.6) is 0 Å². The molecule has 0 aliphatic heterocycles. The van der Waals surface area contributed by atoms with E-state index in [1.54, 1.807) is 0 Å². The number of rotatable bonds is 6. The van der Waals surface area contributed by atoms with Crippen molar-refractivity contribution >= 4 is 35.4 Å². The molecule has 1 aromatic carbocycles. The zero-order valence-electron chi connectivity index (χ0n) is 13.8. The monoisotopic (exact) mass is 366 g/mol. The van der Waals surface area contributed by atoms with Crippen LogP contribution in [-0.4, -0.2) is 35.4 Å². The summed E-state index contributed by atoms with van der Waals surface area (Å²) < 4.78 is 0. The van der Waals surface area contributed by atoms with Gasteiger partial charge in [0.05, 0.1) is 0 Å². The maximum Gasteiger partial charge on any atom is 0.363 e. The third-order valence-electron chi connectivity index (χ3n) is 2.62. The second-order valence-corrected chi connectivity index (χ2v) is 4.84. The lowest BCUT2D eigenvalue weighted by Crippen LogP contribution is -2.15. The molecule has 0 amide bonds. The van der Waals surface area contributed by atoms with Gasteiger partial charge >= 0.3 is 23.9 Å². The molecule has 26 heavy (non-hydrogen) atoms. The van der Waals surface area contributed by atoms with E-state index in [0.717, 1.165) is 13.8 Å². The van der Waals surface area contributed by atoms with Gasteiger partial charge in [-0.3, -0.25) is 9.59 Å². The molecule has 0 unspecified atom stereocenters. The number of Topliss-reactive ketones (excluding diaryl/α,β-unsaturated/α-hetero) is 2. The number of benzene rings is 1. The highest BCUT2D eigenvalue weighted by Gasteiger charge is 2.19. The average Bonchev–Trinajstić information content (AvgIpc) is 2.58. The van der Waals surface area contributed by atoms with Crippen molar-refractivity contribution in [1.82, 2.24) is 0 Å². The Morgan fingerprint density at radius 1 is 0.692 bits per heavy atom. The van der Waals surface area contributed by atoms with Crippen LogP contribution in [0.3, 0.4) is 0 Å². The van der Waals surface area contributed by atoms with E-state index in [1.807, 2.05) is 0 Å². The van der Waals surface area contributed by atoms with Crippen molar-refractivity contribution in [3.05, 3.63) is 35.4 Å². The molecule has 1 rings (SSSR count). The summed E-state index contributed by atoms with van der Waals surface area (Å²) in [5.41, 5.74) is 0.00737. The number of carbonyl (C=O) groups excluding carboxylic acids is 6. The van der Waals surface area contributed by atoms with Gasteiger partial charge in [-0.2, -0.15) is 0 Å². The van der Waals surface area contributed by atoms with Gasteiger partial charge < -0.3 is 0 Å². The molecular weight excluding hydrogens is 352 g/mol. The SMILES string of the molecule is CC(=O)OOC(=O)CC(=O)c1cccc(C(=O)CC(=O)OOC(C)=O)c1. The Balaban J connectivity index is 2.68. The third kappa shape index (κ3) is 7.34. The summed E-state index contributed by atoms with van der Waals surface area (Å²) in [6.07, 6.45) is -1.45. The molecular formula is C16H14O10. The molecule has 0 saturated carbocycles. The van der Waals surface area contributed by atoms with Gasteiger partial charge in [-0.1, -0.05) is 18.2 Å². The molecule has 10 nitrogen and oxygen atoms in total. The Morgan fingerprint density at radius 3 is 1.42 bits per heavy atom. The van der Waals surface area contributed by atoms with Crippen LogP contribution in [0.4, 0.5) is 0 Å². The fraction of sp³-hybridized carbons (Fsp3) is 0.250. The van der Waals surface area contributed by atoms with Crippen LogP contribution in [0.25, 0.3) is 0 Å². The molecule has 0 atom stereocenters. The topological polar surface area (TPSA) is 139 Å². The third-order valence-corrected chi connectivity index (χ3v) is 2.62. The minimum Gasteiger partial charge on any atom is -0.294 e. The molecule has 0 bridgehead atoms. The van der Waals surface area contributed by atoms with Crippen LogP contribution in [0.15, 0.2) is 24.3 Å². The highest BCUT2D eigenvalue weighted by molar-refractivity contribution is 6.09. The normalized spacial score (nSPS) is 9.62. The quantitative estimate of drug-likeness (QED) is 0.308. The van der Waals surface area contributed by atoms with Crippen LogP contribution in [0.1, 0.15) is 47.4 Å². The fourth-order valence-electron chi connectivity index (χ4n) is 1.60. The van der Waals surface area contributed by atoms with E-state index in [4.69, 9.17) is 0 Å². The second kappa shape index (κ2) is 9.67. The molecule has 0 saturated heterocycles. The highest BCUT2D eigenvalue weighted by Crippen LogP contribution is 2.11. The van der Waals surface area contributed by atoms with Crippen LogP contribution < -0.4 is 0 Å². The van der Waals surface area contributed by atoms with Gasteiger partial charge in [0.15, 0.2) is 11.6 Å². The number of hydrogen-bond acceptors (Lipinski definition) is 10.